The number of hydrogen-bond donors (Lipinski definition) is 3. The van der Waals surface area contributed by atoms with Gasteiger partial charge >= 0.3 is 0 Å². The highest BCUT2D eigenvalue weighted by Crippen LogP contribution is 2.47. The lowest BCUT2D eigenvalue weighted by Crippen LogP contribution is -2.99. The van der Waals surface area contributed by atoms with E-state index in [1.165, 1.54) is 24.9 Å². The zero-order chi connectivity index (χ0) is 15.7. The van der Waals surface area contributed by atoms with Crippen LogP contribution in [0.15, 0.2) is 47.4 Å². The van der Waals surface area contributed by atoms with Gasteiger partial charge in [0.25, 0.3) is 0 Å². The minimum absolute atomic E-state index is 0.0294. The molecule has 1 aliphatic rings. The number of carbonyl (C=O) groups is 1. The van der Waals surface area contributed by atoms with E-state index in [1.807, 2.05) is 30.3 Å². The maximum Gasteiger partial charge on any atom is 0.242 e. The van der Waals surface area contributed by atoms with Crippen molar-refractivity contribution < 1.29 is 20.0 Å². The van der Waals surface area contributed by atoms with Gasteiger partial charge in [-0.25, -0.2) is 5.21 Å². The van der Waals surface area contributed by atoms with Crippen LogP contribution in [0.4, 0.5) is 11.4 Å². The minimum atomic E-state index is -1.10. The van der Waals surface area contributed by atoms with E-state index >= 15 is 0 Å². The van der Waals surface area contributed by atoms with Gasteiger partial charge in [-0.05, 0) is 11.6 Å². The zero-order valence-corrected chi connectivity index (χ0v) is 12.5. The van der Waals surface area contributed by atoms with Gasteiger partial charge in [0.05, 0.1) is 7.11 Å². The van der Waals surface area contributed by atoms with E-state index in [0.29, 0.717) is 16.3 Å². The lowest BCUT2D eigenvalue weighted by Gasteiger charge is -2.27. The summed E-state index contributed by atoms with van der Waals surface area (Å²) in [5, 5.41) is 21.9. The topological polar surface area (TPSA) is 86.1 Å². The number of quaternary nitrogens is 1. The first kappa shape index (κ1) is 14.9. The Balaban J connectivity index is 2.05. The summed E-state index contributed by atoms with van der Waals surface area (Å²) in [5.74, 6) is 0.225. The van der Waals surface area contributed by atoms with Gasteiger partial charge in [0.1, 0.15) is 16.7 Å². The molecule has 0 spiro atoms. The standard InChI is InChI=1S/C15H14N2O4S/c1-21-10-7-11(17(19)20)13-12(8-10)22-14(15(18)16-13)9-5-3-2-4-6-9/h2-8,14,17,19H,1H3,(H,16,18). The average Bonchev–Trinajstić information content (AvgIpc) is 2.54. The molecule has 0 saturated heterocycles. The van der Waals surface area contributed by atoms with Crippen molar-refractivity contribution in [1.29, 1.82) is 0 Å². The van der Waals surface area contributed by atoms with E-state index in [0.717, 1.165) is 5.56 Å². The number of rotatable bonds is 3. The maximum atomic E-state index is 12.3. The molecule has 0 saturated carbocycles. The highest BCUT2D eigenvalue weighted by molar-refractivity contribution is 8.00. The third kappa shape index (κ3) is 2.67. The first-order valence-corrected chi connectivity index (χ1v) is 7.46. The lowest BCUT2D eigenvalue weighted by atomic mass is 10.1. The van der Waals surface area contributed by atoms with Crippen LogP contribution in [0.5, 0.6) is 5.75 Å². The van der Waals surface area contributed by atoms with Crippen LogP contribution in [-0.2, 0) is 4.79 Å². The van der Waals surface area contributed by atoms with Crippen molar-refractivity contribution in [3.05, 3.63) is 53.2 Å². The number of benzene rings is 2. The van der Waals surface area contributed by atoms with Crippen LogP contribution in [0.25, 0.3) is 0 Å². The van der Waals surface area contributed by atoms with E-state index < -0.39 is 10.5 Å². The monoisotopic (exact) mass is 318 g/mol. The summed E-state index contributed by atoms with van der Waals surface area (Å²) in [5.41, 5.74) is 1.23. The number of thioether (sulfide) groups is 1. The molecule has 7 heteroatoms. The van der Waals surface area contributed by atoms with Crippen molar-refractivity contribution in [2.45, 2.75) is 10.1 Å². The van der Waals surface area contributed by atoms with Crippen molar-refractivity contribution in [1.82, 2.24) is 0 Å². The Kier molecular flexibility index (Phi) is 4.04. The molecule has 6 nitrogen and oxygen atoms in total. The molecule has 0 bridgehead atoms. The second-order valence-electron chi connectivity index (χ2n) is 4.75. The van der Waals surface area contributed by atoms with E-state index in [-0.39, 0.29) is 11.6 Å². The normalized spacial score (nSPS) is 18.3. The average molecular weight is 318 g/mol. The summed E-state index contributed by atoms with van der Waals surface area (Å²) in [7, 11) is 1.48. The summed E-state index contributed by atoms with van der Waals surface area (Å²) in [6.07, 6.45) is 0. The summed E-state index contributed by atoms with van der Waals surface area (Å²) in [6.45, 7) is 0. The molecule has 1 heterocycles. The number of nitrogens with one attached hydrogen (secondary N) is 2. The maximum absolute atomic E-state index is 12.3. The smallest absolute Gasteiger partial charge is 0.242 e. The number of methoxy groups -OCH3 is 1. The molecule has 0 fully saturated rings. The second-order valence-corrected chi connectivity index (χ2v) is 5.90. The Labute approximate surface area is 131 Å². The molecule has 2 atom stereocenters. The SMILES string of the molecule is COc1cc2c(c([NH+]([O-])O)c1)NC(=O)C(c1ccccc1)S2. The highest BCUT2D eigenvalue weighted by atomic mass is 32.2. The lowest BCUT2D eigenvalue weighted by molar-refractivity contribution is -0.990. The summed E-state index contributed by atoms with van der Waals surface area (Å²) in [6, 6.07) is 12.5. The van der Waals surface area contributed by atoms with Crippen LogP contribution in [-0.4, -0.2) is 18.2 Å². The molecular weight excluding hydrogens is 304 g/mol. The zero-order valence-electron chi connectivity index (χ0n) is 11.7. The Hall–Kier alpha value is -2.06. The van der Waals surface area contributed by atoms with E-state index in [2.05, 4.69) is 5.32 Å². The molecule has 114 valence electrons. The van der Waals surface area contributed by atoms with Gasteiger partial charge in [0.15, 0.2) is 5.69 Å². The van der Waals surface area contributed by atoms with Crippen LogP contribution in [0.1, 0.15) is 10.8 Å². The third-order valence-corrected chi connectivity index (χ3v) is 4.67. The summed E-state index contributed by atoms with van der Waals surface area (Å²) < 4.78 is 5.15. The molecule has 0 radical (unpaired) electrons. The molecule has 3 rings (SSSR count). The van der Waals surface area contributed by atoms with E-state index in [9.17, 15) is 15.2 Å². The van der Waals surface area contributed by atoms with Gasteiger partial charge in [-0.3, -0.25) is 4.79 Å². The molecule has 3 N–H and O–H groups in total. The first-order valence-electron chi connectivity index (χ1n) is 6.58. The number of amides is 1. The molecule has 2 aromatic rings. The summed E-state index contributed by atoms with van der Waals surface area (Å²) in [4.78, 5) is 13.0. The highest BCUT2D eigenvalue weighted by Gasteiger charge is 2.32. The van der Waals surface area contributed by atoms with Crippen molar-refractivity contribution in [3.8, 4) is 5.75 Å². The molecule has 1 amide bonds. The quantitative estimate of drug-likeness (QED) is 0.752. The predicted octanol–water partition coefficient (Wildman–Crippen LogP) is 1.88. The van der Waals surface area contributed by atoms with Crippen molar-refractivity contribution >= 4 is 29.0 Å². The van der Waals surface area contributed by atoms with Crippen LogP contribution in [0, 0.1) is 5.21 Å². The predicted molar refractivity (Wildman–Crippen MR) is 82.4 cm³/mol. The Morgan fingerprint density at radius 2 is 2.05 bits per heavy atom. The number of fused-ring (bicyclic) bond motifs is 1. The van der Waals surface area contributed by atoms with E-state index in [4.69, 9.17) is 4.74 Å². The summed E-state index contributed by atoms with van der Waals surface area (Å²) >= 11 is 1.32. The second kappa shape index (κ2) is 5.98. The fourth-order valence-corrected chi connectivity index (χ4v) is 3.49. The van der Waals surface area contributed by atoms with Crippen molar-refractivity contribution in [2.75, 3.05) is 12.4 Å². The third-order valence-electron chi connectivity index (χ3n) is 3.38. The van der Waals surface area contributed by atoms with Crippen LogP contribution in [0.3, 0.4) is 0 Å². The largest absolute Gasteiger partial charge is 0.595 e. The fraction of sp³-hybridized carbons (Fsp3) is 0.133. The van der Waals surface area contributed by atoms with Crippen molar-refractivity contribution in [3.63, 3.8) is 0 Å². The number of hydrogen-bond acceptors (Lipinski definition) is 5. The number of ether oxygens (including phenoxy) is 1. The molecular formula is C15H14N2O4S. The molecule has 0 aliphatic carbocycles. The van der Waals surface area contributed by atoms with Crippen LogP contribution in [0.2, 0.25) is 0 Å². The fourth-order valence-electron chi connectivity index (χ4n) is 2.32. The molecule has 2 unspecified atom stereocenters. The number of carbonyl (C=O) groups excluding carboxylic acids is 1. The molecule has 0 aromatic heterocycles. The molecule has 1 aliphatic heterocycles. The number of anilines is 1. The molecule has 22 heavy (non-hydrogen) atoms. The van der Waals surface area contributed by atoms with Crippen LogP contribution >= 0.6 is 11.8 Å². The minimum Gasteiger partial charge on any atom is -0.595 e. The van der Waals surface area contributed by atoms with Crippen molar-refractivity contribution in [2.24, 2.45) is 0 Å². The van der Waals surface area contributed by atoms with Gasteiger partial charge in [0, 0.05) is 11.0 Å². The van der Waals surface area contributed by atoms with Gasteiger partial charge in [0.2, 0.25) is 5.91 Å². The van der Waals surface area contributed by atoms with Gasteiger partial charge < -0.3 is 15.3 Å². The van der Waals surface area contributed by atoms with Crippen LogP contribution < -0.4 is 15.3 Å². The Morgan fingerprint density at radius 1 is 1.32 bits per heavy atom. The Morgan fingerprint density at radius 3 is 2.68 bits per heavy atom. The van der Waals surface area contributed by atoms with E-state index in [1.54, 1.807) is 6.07 Å². The van der Waals surface area contributed by atoms with Gasteiger partial charge in [-0.1, -0.05) is 30.3 Å². The van der Waals surface area contributed by atoms with Gasteiger partial charge in [-0.2, -0.15) is 5.23 Å². The van der Waals surface area contributed by atoms with Gasteiger partial charge in [-0.15, -0.1) is 11.8 Å². The first-order chi connectivity index (χ1) is 10.6. The molecule has 2 aromatic carbocycles. The Bertz CT molecular complexity index is 706.